The van der Waals surface area contributed by atoms with Gasteiger partial charge in [0.05, 0.1) is 0 Å². The summed E-state index contributed by atoms with van der Waals surface area (Å²) in [6.07, 6.45) is 21.5. The number of carboxylic acid groups (broad SMARTS) is 1. The molecule has 0 bridgehead atoms. The van der Waals surface area contributed by atoms with Gasteiger partial charge in [0.25, 0.3) is 0 Å². The van der Waals surface area contributed by atoms with Crippen LogP contribution in [0.25, 0.3) is 0 Å². The molecule has 1 atom stereocenters. The number of hydrogen-bond donors (Lipinski definition) is 1. The number of aliphatic carboxylic acids is 1. The molecule has 0 saturated carbocycles. The first-order chi connectivity index (χ1) is 9.29. The van der Waals surface area contributed by atoms with Gasteiger partial charge in [0.1, 0.15) is 0 Å². The van der Waals surface area contributed by atoms with E-state index in [4.69, 9.17) is 5.11 Å². The van der Waals surface area contributed by atoms with Crippen molar-refractivity contribution in [3.05, 3.63) is 24.3 Å². The van der Waals surface area contributed by atoms with Crippen LogP contribution in [-0.2, 0) is 4.79 Å². The van der Waals surface area contributed by atoms with E-state index in [1.807, 2.05) is 0 Å². The molecule has 0 radical (unpaired) electrons. The Hall–Kier alpha value is -1.05. The number of carboxylic acids is 1. The first-order valence-corrected chi connectivity index (χ1v) is 7.82. The zero-order valence-electron chi connectivity index (χ0n) is 12.0. The standard InChI is InChI=1S/C17H28O2/c18-17(19)15-11-7-2-1-4-8-12-16-13-9-5-3-6-10-14-16/h3,5,10,14,16H,1-2,4,6-9,11-13,15H2,(H,18,19)/b5-3-,14-10-. The third kappa shape index (κ3) is 9.52. The average Bonchev–Trinajstić information content (AvgIpc) is 2.34. The van der Waals surface area contributed by atoms with Gasteiger partial charge >= 0.3 is 5.97 Å². The molecule has 2 nitrogen and oxygen atoms in total. The highest BCUT2D eigenvalue weighted by Gasteiger charge is 2.04. The molecule has 0 heterocycles. The molecule has 1 N–H and O–H groups in total. The number of unbranched alkanes of at least 4 members (excludes halogenated alkanes) is 5. The van der Waals surface area contributed by atoms with E-state index >= 15 is 0 Å². The second-order valence-electron chi connectivity index (χ2n) is 5.53. The van der Waals surface area contributed by atoms with Crippen LogP contribution in [0, 0.1) is 5.92 Å². The third-order valence-electron chi connectivity index (χ3n) is 3.77. The highest BCUT2D eigenvalue weighted by atomic mass is 16.4. The molecular weight excluding hydrogens is 236 g/mol. The smallest absolute Gasteiger partial charge is 0.303 e. The van der Waals surface area contributed by atoms with E-state index in [1.54, 1.807) is 0 Å². The van der Waals surface area contributed by atoms with Crippen LogP contribution in [0.3, 0.4) is 0 Å². The molecule has 1 rings (SSSR count). The Morgan fingerprint density at radius 1 is 1.00 bits per heavy atom. The summed E-state index contributed by atoms with van der Waals surface area (Å²) in [7, 11) is 0. The minimum Gasteiger partial charge on any atom is -0.481 e. The fourth-order valence-corrected chi connectivity index (χ4v) is 2.60. The normalized spacial score (nSPS) is 22.4. The topological polar surface area (TPSA) is 37.3 Å². The summed E-state index contributed by atoms with van der Waals surface area (Å²) in [5, 5.41) is 8.53. The first kappa shape index (κ1) is 16.0. The molecule has 1 unspecified atom stereocenters. The molecule has 2 heteroatoms. The van der Waals surface area contributed by atoms with Crippen molar-refractivity contribution < 1.29 is 9.90 Å². The van der Waals surface area contributed by atoms with Crippen molar-refractivity contribution in [2.75, 3.05) is 0 Å². The van der Waals surface area contributed by atoms with Crippen molar-refractivity contribution in [2.45, 2.75) is 70.6 Å². The van der Waals surface area contributed by atoms with Crippen LogP contribution in [0.2, 0.25) is 0 Å². The SMILES string of the molecule is O=C(O)CCCCCCCCC1/C=C\C/C=C\CC1. The summed E-state index contributed by atoms with van der Waals surface area (Å²) >= 11 is 0. The van der Waals surface area contributed by atoms with Crippen molar-refractivity contribution in [2.24, 2.45) is 5.92 Å². The molecule has 0 aromatic heterocycles. The zero-order valence-corrected chi connectivity index (χ0v) is 12.0. The predicted molar refractivity (Wildman–Crippen MR) is 80.2 cm³/mol. The Morgan fingerprint density at radius 2 is 1.74 bits per heavy atom. The molecule has 0 saturated heterocycles. The number of carbonyl (C=O) groups is 1. The highest BCUT2D eigenvalue weighted by molar-refractivity contribution is 5.66. The molecule has 1 aliphatic rings. The number of hydrogen-bond acceptors (Lipinski definition) is 1. The van der Waals surface area contributed by atoms with Gasteiger partial charge in [-0.15, -0.1) is 0 Å². The van der Waals surface area contributed by atoms with Gasteiger partial charge in [-0.3, -0.25) is 4.79 Å². The van der Waals surface area contributed by atoms with Crippen molar-refractivity contribution >= 4 is 5.97 Å². The van der Waals surface area contributed by atoms with E-state index in [1.165, 1.54) is 44.9 Å². The van der Waals surface area contributed by atoms with Gasteiger partial charge in [0.2, 0.25) is 0 Å². The quantitative estimate of drug-likeness (QED) is 0.464. The van der Waals surface area contributed by atoms with Crippen LogP contribution in [0.1, 0.15) is 70.6 Å². The summed E-state index contributed by atoms with van der Waals surface area (Å²) in [6, 6.07) is 0. The second kappa shape index (κ2) is 10.8. The Morgan fingerprint density at radius 3 is 2.53 bits per heavy atom. The maximum Gasteiger partial charge on any atom is 0.303 e. The first-order valence-electron chi connectivity index (χ1n) is 7.82. The molecule has 0 amide bonds. The summed E-state index contributed by atoms with van der Waals surface area (Å²) in [4.78, 5) is 10.4. The molecule has 0 aromatic carbocycles. The van der Waals surface area contributed by atoms with E-state index in [9.17, 15) is 4.79 Å². The highest BCUT2D eigenvalue weighted by Crippen LogP contribution is 2.20. The van der Waals surface area contributed by atoms with Crippen LogP contribution in [0.4, 0.5) is 0 Å². The van der Waals surface area contributed by atoms with E-state index in [-0.39, 0.29) is 0 Å². The minimum atomic E-state index is -0.662. The lowest BCUT2D eigenvalue weighted by atomic mass is 9.93. The van der Waals surface area contributed by atoms with Gasteiger partial charge < -0.3 is 5.11 Å². The minimum absolute atomic E-state index is 0.334. The summed E-state index contributed by atoms with van der Waals surface area (Å²) in [5.74, 6) is 0.113. The monoisotopic (exact) mass is 264 g/mol. The molecule has 1 aliphatic carbocycles. The van der Waals surface area contributed by atoms with Gasteiger partial charge in [0, 0.05) is 6.42 Å². The molecule has 0 fully saturated rings. The lowest BCUT2D eigenvalue weighted by Gasteiger charge is -2.12. The van der Waals surface area contributed by atoms with Crippen molar-refractivity contribution in [3.63, 3.8) is 0 Å². The fourth-order valence-electron chi connectivity index (χ4n) is 2.60. The summed E-state index contributed by atoms with van der Waals surface area (Å²) in [6.45, 7) is 0. The van der Waals surface area contributed by atoms with Gasteiger partial charge in [-0.2, -0.15) is 0 Å². The molecule has 19 heavy (non-hydrogen) atoms. The number of allylic oxidation sites excluding steroid dienone is 4. The van der Waals surface area contributed by atoms with Crippen LogP contribution < -0.4 is 0 Å². The molecular formula is C17H28O2. The second-order valence-corrected chi connectivity index (χ2v) is 5.53. The van der Waals surface area contributed by atoms with Crippen molar-refractivity contribution in [1.29, 1.82) is 0 Å². The average molecular weight is 264 g/mol. The van der Waals surface area contributed by atoms with Crippen LogP contribution in [0.5, 0.6) is 0 Å². The Bertz CT molecular complexity index is 292. The Kier molecular flexibility index (Phi) is 9.13. The predicted octanol–water partition coefficient (Wildman–Crippen LogP) is 5.10. The molecule has 108 valence electrons. The maximum atomic E-state index is 10.4. The Labute approximate surface area is 117 Å². The molecule has 0 spiro atoms. The number of rotatable bonds is 9. The fraction of sp³-hybridized carbons (Fsp3) is 0.706. The van der Waals surface area contributed by atoms with Crippen LogP contribution >= 0.6 is 0 Å². The van der Waals surface area contributed by atoms with Gasteiger partial charge in [-0.25, -0.2) is 0 Å². The van der Waals surface area contributed by atoms with E-state index in [2.05, 4.69) is 24.3 Å². The van der Waals surface area contributed by atoms with E-state index in [0.717, 1.165) is 25.2 Å². The zero-order chi connectivity index (χ0) is 13.8. The lowest BCUT2D eigenvalue weighted by Crippen LogP contribution is -1.97. The lowest BCUT2D eigenvalue weighted by molar-refractivity contribution is -0.137. The largest absolute Gasteiger partial charge is 0.481 e. The van der Waals surface area contributed by atoms with Gasteiger partial charge in [0.15, 0.2) is 0 Å². The van der Waals surface area contributed by atoms with Crippen molar-refractivity contribution in [1.82, 2.24) is 0 Å². The van der Waals surface area contributed by atoms with E-state index < -0.39 is 5.97 Å². The molecule has 0 aromatic rings. The van der Waals surface area contributed by atoms with Crippen LogP contribution in [0.15, 0.2) is 24.3 Å². The van der Waals surface area contributed by atoms with Crippen molar-refractivity contribution in [3.8, 4) is 0 Å². The van der Waals surface area contributed by atoms with Gasteiger partial charge in [-0.05, 0) is 38.0 Å². The summed E-state index contributed by atoms with van der Waals surface area (Å²) < 4.78 is 0. The Balaban J connectivity index is 1.92. The van der Waals surface area contributed by atoms with Gasteiger partial charge in [-0.1, -0.05) is 56.4 Å². The maximum absolute atomic E-state index is 10.4. The van der Waals surface area contributed by atoms with E-state index in [0.29, 0.717) is 6.42 Å². The third-order valence-corrected chi connectivity index (χ3v) is 3.77. The summed E-state index contributed by atoms with van der Waals surface area (Å²) in [5.41, 5.74) is 0. The van der Waals surface area contributed by atoms with Crippen LogP contribution in [-0.4, -0.2) is 11.1 Å². The molecule has 0 aliphatic heterocycles.